The molecule has 0 atom stereocenters. The zero-order chi connectivity index (χ0) is 13.7. The third-order valence-corrected chi connectivity index (χ3v) is 3.11. The van der Waals surface area contributed by atoms with E-state index >= 15 is 0 Å². The fourth-order valence-corrected chi connectivity index (χ4v) is 1.86. The number of carbonyl (C=O) groups excluding carboxylic acids is 1. The van der Waals surface area contributed by atoms with E-state index in [9.17, 15) is 9.90 Å². The van der Waals surface area contributed by atoms with Crippen LogP contribution in [0, 0.1) is 3.57 Å². The second-order valence-corrected chi connectivity index (χ2v) is 4.79. The summed E-state index contributed by atoms with van der Waals surface area (Å²) in [5.74, 6) is -0.152. The molecular formula is C13H10IN3O2. The van der Waals surface area contributed by atoms with Crippen molar-refractivity contribution in [1.29, 1.82) is 0 Å². The minimum absolute atomic E-state index is 0.218. The van der Waals surface area contributed by atoms with Crippen LogP contribution in [0.15, 0.2) is 47.7 Å². The number of pyridine rings is 1. The molecule has 19 heavy (non-hydrogen) atoms. The molecular weight excluding hydrogens is 357 g/mol. The van der Waals surface area contributed by atoms with E-state index in [1.54, 1.807) is 42.6 Å². The van der Waals surface area contributed by atoms with Crippen molar-refractivity contribution in [1.82, 2.24) is 10.4 Å². The van der Waals surface area contributed by atoms with Crippen LogP contribution >= 0.6 is 22.6 Å². The largest absolute Gasteiger partial charge is 0.507 e. The van der Waals surface area contributed by atoms with Crippen molar-refractivity contribution >= 4 is 34.7 Å². The van der Waals surface area contributed by atoms with E-state index in [0.717, 1.165) is 9.13 Å². The molecule has 0 bridgehead atoms. The Morgan fingerprint density at radius 3 is 2.89 bits per heavy atom. The minimum Gasteiger partial charge on any atom is -0.507 e. The van der Waals surface area contributed by atoms with E-state index in [2.05, 4.69) is 15.5 Å². The number of benzene rings is 1. The first-order valence-electron chi connectivity index (χ1n) is 5.40. The lowest BCUT2D eigenvalue weighted by Gasteiger charge is -1.99. The molecule has 0 saturated carbocycles. The summed E-state index contributed by atoms with van der Waals surface area (Å²) in [7, 11) is 0. The highest BCUT2D eigenvalue weighted by Crippen LogP contribution is 2.19. The van der Waals surface area contributed by atoms with Crippen molar-refractivity contribution in [2.75, 3.05) is 0 Å². The van der Waals surface area contributed by atoms with Crippen molar-refractivity contribution in [3.63, 3.8) is 0 Å². The molecule has 2 N–H and O–H groups in total. The van der Waals surface area contributed by atoms with Crippen molar-refractivity contribution in [3.05, 3.63) is 57.4 Å². The summed E-state index contributed by atoms with van der Waals surface area (Å²) in [6, 6.07) is 10.1. The molecule has 2 aromatic rings. The molecule has 1 aromatic carbocycles. The Morgan fingerprint density at radius 2 is 2.21 bits per heavy atom. The molecule has 1 aromatic heterocycles. The van der Waals surface area contributed by atoms with Crippen LogP contribution in [0.4, 0.5) is 0 Å². The van der Waals surface area contributed by atoms with Gasteiger partial charge in [-0.1, -0.05) is 6.07 Å². The van der Waals surface area contributed by atoms with Gasteiger partial charge in [0.15, 0.2) is 0 Å². The zero-order valence-corrected chi connectivity index (χ0v) is 11.9. The first kappa shape index (κ1) is 13.5. The molecule has 96 valence electrons. The molecule has 6 heteroatoms. The van der Waals surface area contributed by atoms with E-state index in [-0.39, 0.29) is 11.7 Å². The summed E-state index contributed by atoms with van der Waals surface area (Å²) in [5.41, 5.74) is 3.47. The Labute approximate surface area is 123 Å². The number of nitrogens with one attached hydrogen (secondary N) is 1. The van der Waals surface area contributed by atoms with Crippen molar-refractivity contribution in [2.45, 2.75) is 0 Å². The van der Waals surface area contributed by atoms with E-state index in [4.69, 9.17) is 0 Å². The number of aromatic nitrogens is 1. The van der Waals surface area contributed by atoms with Crippen molar-refractivity contribution in [3.8, 4) is 5.75 Å². The predicted octanol–water partition coefficient (Wildman–Crippen LogP) is 2.16. The molecule has 0 radical (unpaired) electrons. The standard InChI is InChI=1S/C13H10IN3O2/c14-10-7-9(4-5-12(10)18)8-16-17-13(19)11-3-1-2-6-15-11/h1-8,18H,(H,17,19)/b16-8-. The smallest absolute Gasteiger partial charge is 0.289 e. The van der Waals surface area contributed by atoms with Crippen LogP contribution in [0.25, 0.3) is 0 Å². The number of amides is 1. The van der Waals surface area contributed by atoms with E-state index in [1.807, 2.05) is 22.6 Å². The number of hydrogen-bond donors (Lipinski definition) is 2. The van der Waals surface area contributed by atoms with Gasteiger partial charge in [-0.15, -0.1) is 0 Å². The van der Waals surface area contributed by atoms with E-state index in [1.165, 1.54) is 6.21 Å². The molecule has 0 fully saturated rings. The van der Waals surface area contributed by atoms with Gasteiger partial charge < -0.3 is 5.11 Å². The average molecular weight is 367 g/mol. The van der Waals surface area contributed by atoms with Crippen LogP contribution in [0.1, 0.15) is 16.1 Å². The molecule has 5 nitrogen and oxygen atoms in total. The molecule has 0 spiro atoms. The summed E-state index contributed by atoms with van der Waals surface area (Å²) in [6.45, 7) is 0. The highest BCUT2D eigenvalue weighted by Gasteiger charge is 2.03. The second-order valence-electron chi connectivity index (χ2n) is 3.62. The summed E-state index contributed by atoms with van der Waals surface area (Å²) in [4.78, 5) is 15.5. The Kier molecular flexibility index (Phi) is 4.45. The molecule has 0 aliphatic carbocycles. The summed E-state index contributed by atoms with van der Waals surface area (Å²) >= 11 is 2.02. The third kappa shape index (κ3) is 3.75. The highest BCUT2D eigenvalue weighted by molar-refractivity contribution is 14.1. The maximum atomic E-state index is 11.6. The van der Waals surface area contributed by atoms with Crippen LogP contribution in [-0.4, -0.2) is 22.2 Å². The molecule has 1 heterocycles. The van der Waals surface area contributed by atoms with Gasteiger partial charge in [-0.25, -0.2) is 5.43 Å². The maximum Gasteiger partial charge on any atom is 0.289 e. The van der Waals surface area contributed by atoms with Crippen LogP contribution in [-0.2, 0) is 0 Å². The predicted molar refractivity (Wildman–Crippen MR) is 80.1 cm³/mol. The number of phenolic OH excluding ortho intramolecular Hbond substituents is 1. The number of nitrogens with zero attached hydrogens (tertiary/aromatic N) is 2. The lowest BCUT2D eigenvalue weighted by Crippen LogP contribution is -2.18. The quantitative estimate of drug-likeness (QED) is 0.496. The number of carbonyl (C=O) groups is 1. The zero-order valence-electron chi connectivity index (χ0n) is 9.75. The van der Waals surface area contributed by atoms with Gasteiger partial charge in [0, 0.05) is 6.20 Å². The van der Waals surface area contributed by atoms with E-state index in [0.29, 0.717) is 5.69 Å². The van der Waals surface area contributed by atoms with Gasteiger partial charge in [-0.05, 0) is 58.5 Å². The Bertz CT molecular complexity index is 615. The van der Waals surface area contributed by atoms with Crippen molar-refractivity contribution < 1.29 is 9.90 Å². The van der Waals surface area contributed by atoms with Crippen LogP contribution in [0.3, 0.4) is 0 Å². The Balaban J connectivity index is 2.00. The summed E-state index contributed by atoms with van der Waals surface area (Å²) in [5, 5.41) is 13.2. The fourth-order valence-electron chi connectivity index (χ4n) is 1.32. The maximum absolute atomic E-state index is 11.6. The summed E-state index contributed by atoms with van der Waals surface area (Å²) in [6.07, 6.45) is 3.05. The Morgan fingerprint density at radius 1 is 1.37 bits per heavy atom. The molecule has 0 aliphatic heterocycles. The molecule has 0 aliphatic rings. The van der Waals surface area contributed by atoms with Crippen LogP contribution < -0.4 is 5.43 Å². The molecule has 2 rings (SSSR count). The highest BCUT2D eigenvalue weighted by atomic mass is 127. The van der Waals surface area contributed by atoms with Crippen LogP contribution in [0.2, 0.25) is 0 Å². The first-order chi connectivity index (χ1) is 9.16. The average Bonchev–Trinajstić information content (AvgIpc) is 2.43. The van der Waals surface area contributed by atoms with Gasteiger partial charge in [0.2, 0.25) is 0 Å². The van der Waals surface area contributed by atoms with Gasteiger partial charge >= 0.3 is 0 Å². The normalized spacial score (nSPS) is 10.6. The van der Waals surface area contributed by atoms with Gasteiger partial charge in [0.25, 0.3) is 5.91 Å². The van der Waals surface area contributed by atoms with E-state index < -0.39 is 0 Å². The second kappa shape index (κ2) is 6.28. The monoisotopic (exact) mass is 367 g/mol. The lowest BCUT2D eigenvalue weighted by molar-refractivity contribution is 0.0950. The van der Waals surface area contributed by atoms with Crippen LogP contribution in [0.5, 0.6) is 5.75 Å². The van der Waals surface area contributed by atoms with Gasteiger partial charge in [-0.2, -0.15) is 5.10 Å². The molecule has 0 unspecified atom stereocenters. The van der Waals surface area contributed by atoms with Crippen molar-refractivity contribution in [2.24, 2.45) is 5.10 Å². The number of aromatic hydroxyl groups is 1. The molecule has 0 saturated heterocycles. The first-order valence-corrected chi connectivity index (χ1v) is 6.47. The number of hydrazone groups is 1. The third-order valence-electron chi connectivity index (χ3n) is 2.25. The number of halogens is 1. The number of hydrogen-bond acceptors (Lipinski definition) is 4. The number of rotatable bonds is 3. The van der Waals surface area contributed by atoms with Gasteiger partial charge in [-0.3, -0.25) is 9.78 Å². The lowest BCUT2D eigenvalue weighted by atomic mass is 10.2. The molecule has 1 amide bonds. The van der Waals surface area contributed by atoms with Gasteiger partial charge in [0.05, 0.1) is 9.78 Å². The Hall–Kier alpha value is -1.96. The number of phenols is 1. The fraction of sp³-hybridized carbons (Fsp3) is 0. The minimum atomic E-state index is -0.370. The van der Waals surface area contributed by atoms with Gasteiger partial charge in [0.1, 0.15) is 11.4 Å². The topological polar surface area (TPSA) is 74.6 Å². The summed E-state index contributed by atoms with van der Waals surface area (Å²) < 4.78 is 0.720. The SMILES string of the molecule is O=C(N/N=C\c1ccc(O)c(I)c1)c1ccccn1.